The number of carbonyl (C=O) groups excluding carboxylic acids is 1. The number of carboxylic acids is 2. The van der Waals surface area contributed by atoms with Gasteiger partial charge in [0.05, 0.1) is 11.7 Å². The van der Waals surface area contributed by atoms with E-state index in [9.17, 15) is 24.5 Å². The van der Waals surface area contributed by atoms with Crippen LogP contribution in [-0.2, 0) is 19.2 Å². The molecule has 29 heavy (non-hydrogen) atoms. The molecule has 1 unspecified atom stereocenters. The van der Waals surface area contributed by atoms with E-state index in [2.05, 4.69) is 10.2 Å². The van der Waals surface area contributed by atoms with Crippen molar-refractivity contribution in [3.8, 4) is 5.75 Å². The first-order valence-electron chi connectivity index (χ1n) is 8.16. The summed E-state index contributed by atoms with van der Waals surface area (Å²) in [6, 6.07) is 2.90. The Hall–Kier alpha value is -3.67. The molecule has 0 aliphatic carbocycles. The summed E-state index contributed by atoms with van der Waals surface area (Å²) in [5.41, 5.74) is 7.75. The summed E-state index contributed by atoms with van der Waals surface area (Å²) in [5.74, 6) is -2.29. The Balaban J connectivity index is 0.000000828. The Morgan fingerprint density at radius 3 is 2.21 bits per heavy atom. The minimum atomic E-state index is -1.26. The van der Waals surface area contributed by atoms with Crippen LogP contribution in [0.4, 0.5) is 5.69 Å². The summed E-state index contributed by atoms with van der Waals surface area (Å²) in [6.45, 7) is 5.10. The highest BCUT2D eigenvalue weighted by Gasteiger charge is 2.14. The topological polar surface area (TPSA) is 191 Å². The third kappa shape index (κ3) is 10.9. The third-order valence-corrected chi connectivity index (χ3v) is 3.19. The van der Waals surface area contributed by atoms with E-state index >= 15 is 0 Å². The summed E-state index contributed by atoms with van der Waals surface area (Å²) in [7, 11) is 0. The molecule has 0 fully saturated rings. The van der Waals surface area contributed by atoms with E-state index in [4.69, 9.17) is 20.7 Å². The van der Waals surface area contributed by atoms with Gasteiger partial charge in [-0.1, -0.05) is 6.07 Å². The van der Waals surface area contributed by atoms with Crippen molar-refractivity contribution in [3.63, 3.8) is 0 Å². The first-order chi connectivity index (χ1) is 13.5. The number of anilines is 1. The average molecular weight is 413 g/mol. The number of carboxylic acid groups (broad SMARTS) is 2. The van der Waals surface area contributed by atoms with Crippen LogP contribution in [0.25, 0.3) is 0 Å². The van der Waals surface area contributed by atoms with Gasteiger partial charge in [0.2, 0.25) is 5.91 Å². The molecule has 1 rings (SSSR count). The van der Waals surface area contributed by atoms with E-state index in [1.807, 2.05) is 6.92 Å². The Morgan fingerprint density at radius 2 is 1.76 bits per heavy atom. The number of nitrogens with one attached hydrogen (secondary N) is 1. The number of carbonyl (C=O) groups is 3. The first kappa shape index (κ1) is 25.3. The van der Waals surface area contributed by atoms with E-state index in [0.717, 1.165) is 11.1 Å². The molecule has 0 aliphatic heterocycles. The Morgan fingerprint density at radius 1 is 1.21 bits per heavy atom. The van der Waals surface area contributed by atoms with Crippen molar-refractivity contribution in [3.05, 3.63) is 45.5 Å². The van der Waals surface area contributed by atoms with Gasteiger partial charge in [-0.25, -0.2) is 9.59 Å². The van der Waals surface area contributed by atoms with Crippen molar-refractivity contribution >= 4 is 23.5 Å². The fraction of sp³-hybridized carbons (Fsp3) is 0.353. The van der Waals surface area contributed by atoms with E-state index < -0.39 is 23.1 Å². The van der Waals surface area contributed by atoms with Crippen LogP contribution < -0.4 is 15.8 Å². The van der Waals surface area contributed by atoms with Crippen molar-refractivity contribution in [2.24, 2.45) is 5.73 Å². The first-order valence-corrected chi connectivity index (χ1v) is 8.16. The maximum Gasteiger partial charge on any atom is 0.328 e. The molecule has 5 N–H and O–H groups in total. The highest BCUT2D eigenvalue weighted by Crippen LogP contribution is 2.29. The number of amides is 1. The number of aryl methyl sites for hydroxylation is 1. The number of aliphatic carboxylic acids is 2. The Kier molecular flexibility index (Phi) is 11.1. The minimum Gasteiger partial charge on any atom is -0.491 e. The van der Waals surface area contributed by atoms with Gasteiger partial charge in [-0.3, -0.25) is 4.79 Å². The second-order valence-corrected chi connectivity index (χ2v) is 5.57. The molecule has 0 saturated heterocycles. The fourth-order valence-corrected chi connectivity index (χ4v) is 1.82. The summed E-state index contributed by atoms with van der Waals surface area (Å²) in [4.78, 5) is 45.0. The van der Waals surface area contributed by atoms with Gasteiger partial charge in [-0.2, -0.15) is 0 Å². The Labute approximate surface area is 166 Å². The average Bonchev–Trinajstić information content (AvgIpc) is 2.62. The lowest BCUT2D eigenvalue weighted by Gasteiger charge is -2.16. The van der Waals surface area contributed by atoms with Gasteiger partial charge in [0.25, 0.3) is 5.09 Å². The molecule has 12 heteroatoms. The fourth-order valence-electron chi connectivity index (χ4n) is 1.82. The van der Waals surface area contributed by atoms with Crippen LogP contribution in [0.5, 0.6) is 5.75 Å². The smallest absolute Gasteiger partial charge is 0.328 e. The lowest BCUT2D eigenvalue weighted by Crippen LogP contribution is -2.33. The lowest BCUT2D eigenvalue weighted by molar-refractivity contribution is -0.757. The van der Waals surface area contributed by atoms with Crippen LogP contribution in [0.3, 0.4) is 0 Å². The van der Waals surface area contributed by atoms with E-state index in [1.54, 1.807) is 26.0 Å². The van der Waals surface area contributed by atoms with Gasteiger partial charge in [0, 0.05) is 17.7 Å². The lowest BCUT2D eigenvalue weighted by atomic mass is 10.1. The molecule has 12 nitrogen and oxygen atoms in total. The minimum absolute atomic E-state index is 0.0333. The van der Waals surface area contributed by atoms with Crippen LogP contribution in [-0.4, -0.2) is 52.4 Å². The van der Waals surface area contributed by atoms with Crippen molar-refractivity contribution in [2.45, 2.75) is 26.8 Å². The molecule has 0 spiro atoms. The van der Waals surface area contributed by atoms with Crippen LogP contribution in [0, 0.1) is 24.0 Å². The number of hydrogen-bond acceptors (Lipinski definition) is 8. The number of hydrogen-bond donors (Lipinski definition) is 4. The normalized spacial score (nSPS) is 11.0. The number of nitrogens with two attached hydrogens (primary N) is 1. The summed E-state index contributed by atoms with van der Waals surface area (Å²) < 4.78 is 5.41. The molecule has 1 atom stereocenters. The monoisotopic (exact) mass is 413 g/mol. The largest absolute Gasteiger partial charge is 0.491 e. The molecule has 0 aromatic heterocycles. The molecular formula is C17H23N3O9. The highest BCUT2D eigenvalue weighted by atomic mass is 17.0. The molecule has 1 amide bonds. The molecule has 1 aromatic rings. The zero-order chi connectivity index (χ0) is 22.6. The molecule has 0 saturated carbocycles. The second-order valence-electron chi connectivity index (χ2n) is 5.57. The quantitative estimate of drug-likeness (QED) is 0.195. The van der Waals surface area contributed by atoms with Gasteiger partial charge in [0.1, 0.15) is 19.0 Å². The van der Waals surface area contributed by atoms with Crippen molar-refractivity contribution in [1.29, 1.82) is 0 Å². The molecule has 0 radical (unpaired) electrons. The van der Waals surface area contributed by atoms with E-state index in [-0.39, 0.29) is 19.1 Å². The number of ether oxygens (including phenoxy) is 1. The summed E-state index contributed by atoms with van der Waals surface area (Å²) >= 11 is 0. The second kappa shape index (κ2) is 12.7. The van der Waals surface area contributed by atoms with E-state index in [1.165, 1.54) is 0 Å². The summed E-state index contributed by atoms with van der Waals surface area (Å²) in [6.07, 6.45) is 1.12. The van der Waals surface area contributed by atoms with Gasteiger partial charge in [0.15, 0.2) is 0 Å². The Bertz CT molecular complexity index is 760. The zero-order valence-corrected chi connectivity index (χ0v) is 16.1. The maximum absolute atomic E-state index is 11.7. The van der Waals surface area contributed by atoms with Crippen molar-refractivity contribution < 1.29 is 39.3 Å². The predicted molar refractivity (Wildman–Crippen MR) is 101 cm³/mol. The molecule has 0 aliphatic rings. The zero-order valence-electron chi connectivity index (χ0n) is 16.1. The van der Waals surface area contributed by atoms with Crippen molar-refractivity contribution in [2.75, 3.05) is 18.5 Å². The number of rotatable bonds is 9. The number of benzene rings is 1. The SMILES string of the molecule is Cc1ccc(OCCO[N+](=O)[O-])c(C)c1NC(=O)C(C)N.O=C(O)/C=C\C(=O)O. The van der Waals surface area contributed by atoms with E-state index in [0.29, 0.717) is 23.6 Å². The molecule has 0 bridgehead atoms. The summed E-state index contributed by atoms with van der Waals surface area (Å²) in [5, 5.41) is 27.5. The van der Waals surface area contributed by atoms with Gasteiger partial charge < -0.3 is 30.8 Å². The molecule has 1 aromatic carbocycles. The predicted octanol–water partition coefficient (Wildman–Crippen LogP) is 0.888. The van der Waals surface area contributed by atoms with Crippen LogP contribution >= 0.6 is 0 Å². The highest BCUT2D eigenvalue weighted by molar-refractivity contribution is 5.96. The van der Waals surface area contributed by atoms with Gasteiger partial charge in [-0.15, -0.1) is 10.1 Å². The van der Waals surface area contributed by atoms with Crippen LogP contribution in [0.2, 0.25) is 0 Å². The standard InChI is InChI=1S/C13H19N3O5.C4H4O4/c1-8-4-5-11(20-6-7-21-16(18)19)9(2)12(8)15-13(17)10(3)14;5-3(6)1-2-4(7)8/h4-5,10H,6-7,14H2,1-3H3,(H,15,17);1-2H,(H,5,6)(H,7,8)/b;2-1-. The van der Waals surface area contributed by atoms with Gasteiger partial charge >= 0.3 is 11.9 Å². The maximum atomic E-state index is 11.7. The van der Waals surface area contributed by atoms with Crippen molar-refractivity contribution in [1.82, 2.24) is 0 Å². The third-order valence-electron chi connectivity index (χ3n) is 3.19. The molecule has 0 heterocycles. The molecule has 160 valence electrons. The van der Waals surface area contributed by atoms with Crippen LogP contribution in [0.1, 0.15) is 18.1 Å². The van der Waals surface area contributed by atoms with Crippen LogP contribution in [0.15, 0.2) is 24.3 Å². The number of nitrogens with zero attached hydrogens (tertiary/aromatic N) is 1. The molecular weight excluding hydrogens is 390 g/mol. The van der Waals surface area contributed by atoms with Gasteiger partial charge in [-0.05, 0) is 32.4 Å².